The molecule has 2 aromatic carbocycles. The highest BCUT2D eigenvalue weighted by atomic mass is 16.6. The fraction of sp³-hybridized carbons (Fsp3) is 0.172. The Morgan fingerprint density at radius 3 is 2.54 bits per heavy atom. The quantitative estimate of drug-likeness (QED) is 0.346. The van der Waals surface area contributed by atoms with Gasteiger partial charge in [-0.3, -0.25) is 9.78 Å². The van der Waals surface area contributed by atoms with E-state index in [4.69, 9.17) is 14.5 Å². The third-order valence-corrected chi connectivity index (χ3v) is 6.36. The average molecular weight is 492 g/mol. The van der Waals surface area contributed by atoms with Gasteiger partial charge in [-0.1, -0.05) is 36.4 Å². The Morgan fingerprint density at radius 1 is 0.946 bits per heavy atom. The van der Waals surface area contributed by atoms with Crippen LogP contribution in [0.4, 0.5) is 0 Å². The van der Waals surface area contributed by atoms with Gasteiger partial charge in [0.25, 0.3) is 5.91 Å². The highest BCUT2D eigenvalue weighted by Crippen LogP contribution is 2.31. The van der Waals surface area contributed by atoms with Crippen molar-refractivity contribution in [1.29, 1.82) is 0 Å². The van der Waals surface area contributed by atoms with Crippen molar-refractivity contribution in [1.82, 2.24) is 24.6 Å². The summed E-state index contributed by atoms with van der Waals surface area (Å²) in [7, 11) is 1.80. The van der Waals surface area contributed by atoms with Gasteiger partial charge in [0.2, 0.25) is 0 Å². The second-order valence-corrected chi connectivity index (χ2v) is 8.96. The van der Waals surface area contributed by atoms with Crippen LogP contribution in [0.2, 0.25) is 0 Å². The molecule has 0 fully saturated rings. The molecule has 3 aromatic heterocycles. The molecule has 0 saturated carbocycles. The van der Waals surface area contributed by atoms with Crippen LogP contribution in [-0.4, -0.2) is 50.8 Å². The van der Waals surface area contributed by atoms with Gasteiger partial charge >= 0.3 is 0 Å². The minimum atomic E-state index is -0.108. The van der Waals surface area contributed by atoms with Crippen molar-refractivity contribution in [2.45, 2.75) is 13.1 Å². The number of ether oxygens (including phenoxy) is 2. The third-order valence-electron chi connectivity index (χ3n) is 6.36. The predicted molar refractivity (Wildman–Crippen MR) is 140 cm³/mol. The summed E-state index contributed by atoms with van der Waals surface area (Å²) in [5, 5.41) is 5.31. The molecule has 8 nitrogen and oxygen atoms in total. The van der Waals surface area contributed by atoms with Crippen molar-refractivity contribution in [2.75, 3.05) is 20.3 Å². The second kappa shape index (κ2) is 9.73. The molecule has 1 aliphatic heterocycles. The average Bonchev–Trinajstić information content (AvgIpc) is 3.35. The smallest absolute Gasteiger partial charge is 0.254 e. The summed E-state index contributed by atoms with van der Waals surface area (Å²) in [6.07, 6.45) is 5.24. The molecule has 6 rings (SSSR count). The van der Waals surface area contributed by atoms with Crippen LogP contribution in [0.5, 0.6) is 11.5 Å². The number of carbonyl (C=O) groups is 1. The molecule has 1 aliphatic rings. The molecule has 0 spiro atoms. The third kappa shape index (κ3) is 4.61. The molecule has 4 heterocycles. The zero-order chi connectivity index (χ0) is 25.2. The molecule has 0 radical (unpaired) electrons. The number of hydrogen-bond acceptors (Lipinski definition) is 6. The van der Waals surface area contributed by atoms with Crippen LogP contribution >= 0.6 is 0 Å². The number of hydrogen-bond donors (Lipinski definition) is 0. The van der Waals surface area contributed by atoms with E-state index in [0.717, 1.165) is 28.1 Å². The van der Waals surface area contributed by atoms with Crippen molar-refractivity contribution in [2.24, 2.45) is 0 Å². The van der Waals surface area contributed by atoms with Gasteiger partial charge in [0.1, 0.15) is 13.2 Å². The molecule has 37 heavy (non-hydrogen) atoms. The number of amides is 1. The zero-order valence-corrected chi connectivity index (χ0v) is 20.4. The molecule has 8 heteroatoms. The Labute approximate surface area is 214 Å². The van der Waals surface area contributed by atoms with Gasteiger partial charge in [0, 0.05) is 31.5 Å². The molecule has 0 saturated heterocycles. The fourth-order valence-electron chi connectivity index (χ4n) is 4.50. The van der Waals surface area contributed by atoms with E-state index in [-0.39, 0.29) is 5.91 Å². The first-order valence-electron chi connectivity index (χ1n) is 12.1. The van der Waals surface area contributed by atoms with Crippen molar-refractivity contribution in [3.8, 4) is 22.8 Å². The molecular weight excluding hydrogens is 466 g/mol. The lowest BCUT2D eigenvalue weighted by Crippen LogP contribution is -2.26. The maximum atomic E-state index is 13.8. The second-order valence-electron chi connectivity index (χ2n) is 8.96. The van der Waals surface area contributed by atoms with E-state index >= 15 is 0 Å². The summed E-state index contributed by atoms with van der Waals surface area (Å²) in [5.41, 5.74) is 4.89. The normalized spacial score (nSPS) is 12.5. The summed E-state index contributed by atoms with van der Waals surface area (Å²) in [6.45, 7) is 2.01. The predicted octanol–water partition coefficient (Wildman–Crippen LogP) is 4.59. The molecule has 0 atom stereocenters. The maximum Gasteiger partial charge on any atom is 0.254 e. The van der Waals surface area contributed by atoms with Gasteiger partial charge in [-0.05, 0) is 41.5 Å². The minimum absolute atomic E-state index is 0.108. The van der Waals surface area contributed by atoms with E-state index < -0.39 is 0 Å². The van der Waals surface area contributed by atoms with Crippen LogP contribution < -0.4 is 9.47 Å². The fourth-order valence-corrected chi connectivity index (χ4v) is 4.50. The van der Waals surface area contributed by atoms with Crippen LogP contribution in [-0.2, 0) is 13.1 Å². The van der Waals surface area contributed by atoms with Gasteiger partial charge < -0.3 is 14.4 Å². The molecular formula is C29H25N5O3. The van der Waals surface area contributed by atoms with E-state index in [1.54, 1.807) is 30.5 Å². The summed E-state index contributed by atoms with van der Waals surface area (Å²) in [4.78, 5) is 24.5. The zero-order valence-electron chi connectivity index (χ0n) is 20.4. The topological polar surface area (TPSA) is 82.4 Å². The lowest BCUT2D eigenvalue weighted by Gasteiger charge is -2.21. The number of nitrogens with zero attached hydrogens (tertiary/aromatic N) is 5. The Kier molecular flexibility index (Phi) is 5.98. The van der Waals surface area contributed by atoms with Gasteiger partial charge in [-0.25, -0.2) is 9.67 Å². The van der Waals surface area contributed by atoms with Crippen LogP contribution in [0, 0.1) is 0 Å². The Balaban J connectivity index is 1.37. The molecule has 5 aromatic rings. The number of carbonyl (C=O) groups excluding carboxylic acids is 1. The van der Waals surface area contributed by atoms with E-state index in [9.17, 15) is 4.79 Å². The highest BCUT2D eigenvalue weighted by Gasteiger charge is 2.21. The minimum Gasteiger partial charge on any atom is -0.486 e. The maximum absolute atomic E-state index is 13.8. The van der Waals surface area contributed by atoms with E-state index in [2.05, 4.69) is 10.1 Å². The van der Waals surface area contributed by atoms with Gasteiger partial charge in [0.15, 0.2) is 17.1 Å². The molecule has 0 bridgehead atoms. The Bertz CT molecular complexity index is 1570. The molecule has 0 aliphatic carbocycles. The Morgan fingerprint density at radius 2 is 1.73 bits per heavy atom. The summed E-state index contributed by atoms with van der Waals surface area (Å²) in [6, 6.07) is 21.4. The van der Waals surface area contributed by atoms with Crippen LogP contribution in [0.25, 0.3) is 22.3 Å². The van der Waals surface area contributed by atoms with E-state index in [1.807, 2.05) is 71.4 Å². The van der Waals surface area contributed by atoms with Gasteiger partial charge in [0.05, 0.1) is 29.4 Å². The van der Waals surface area contributed by atoms with E-state index in [0.29, 0.717) is 48.6 Å². The Hall–Kier alpha value is -4.72. The number of fused-ring (bicyclic) bond motifs is 2. The van der Waals surface area contributed by atoms with Crippen LogP contribution in [0.3, 0.4) is 0 Å². The molecule has 0 unspecified atom stereocenters. The van der Waals surface area contributed by atoms with Crippen molar-refractivity contribution < 1.29 is 14.3 Å². The lowest BCUT2D eigenvalue weighted by molar-refractivity contribution is 0.0786. The number of aromatic nitrogens is 4. The monoisotopic (exact) mass is 491 g/mol. The van der Waals surface area contributed by atoms with Crippen LogP contribution in [0.1, 0.15) is 21.5 Å². The van der Waals surface area contributed by atoms with Crippen molar-refractivity contribution >= 4 is 16.9 Å². The number of pyridine rings is 2. The number of benzene rings is 2. The SMILES string of the molecule is CN(Cc1ccc2c(c1)OCCO2)C(=O)c1cc(-c2ccccc2)nc2c1cnn2Cc1ccncc1. The standard InChI is InChI=1S/C29H25N5O3/c1-33(18-21-7-8-26-27(15-21)37-14-13-36-26)29(35)23-16-25(22-5-3-2-4-6-22)32-28-24(23)17-31-34(28)19-20-9-11-30-12-10-20/h2-12,15-17H,13-14,18-19H2,1H3. The first kappa shape index (κ1) is 22.7. The van der Waals surface area contributed by atoms with Gasteiger partial charge in [-0.2, -0.15) is 5.10 Å². The molecule has 1 amide bonds. The first-order valence-corrected chi connectivity index (χ1v) is 12.1. The largest absolute Gasteiger partial charge is 0.486 e. The lowest BCUT2D eigenvalue weighted by atomic mass is 10.1. The van der Waals surface area contributed by atoms with Crippen molar-refractivity contribution in [3.63, 3.8) is 0 Å². The highest BCUT2D eigenvalue weighted by molar-refractivity contribution is 6.06. The van der Waals surface area contributed by atoms with E-state index in [1.165, 1.54) is 0 Å². The van der Waals surface area contributed by atoms with Crippen LogP contribution in [0.15, 0.2) is 85.3 Å². The number of rotatable bonds is 6. The molecule has 0 N–H and O–H groups in total. The summed E-state index contributed by atoms with van der Waals surface area (Å²) < 4.78 is 13.2. The summed E-state index contributed by atoms with van der Waals surface area (Å²) in [5.74, 6) is 1.33. The van der Waals surface area contributed by atoms with Crippen molar-refractivity contribution in [3.05, 3.63) is 102 Å². The first-order chi connectivity index (χ1) is 18.2. The molecule has 184 valence electrons. The van der Waals surface area contributed by atoms with Gasteiger partial charge in [-0.15, -0.1) is 0 Å². The summed E-state index contributed by atoms with van der Waals surface area (Å²) >= 11 is 0.